The van der Waals surface area contributed by atoms with Crippen LogP contribution in [-0.4, -0.2) is 45.7 Å². The molecule has 14 heavy (non-hydrogen) atoms. The van der Waals surface area contributed by atoms with Crippen LogP contribution in [0.2, 0.25) is 0 Å². The molecule has 0 radical (unpaired) electrons. The van der Waals surface area contributed by atoms with Crippen molar-refractivity contribution in [1.29, 1.82) is 0 Å². The molecule has 0 bridgehead atoms. The van der Waals surface area contributed by atoms with E-state index in [1.165, 1.54) is 0 Å². The van der Waals surface area contributed by atoms with E-state index in [0.717, 1.165) is 0 Å². The molecule has 0 aromatic rings. The highest BCUT2D eigenvalue weighted by Crippen LogP contribution is 2.05. The van der Waals surface area contributed by atoms with Crippen LogP contribution in [0.5, 0.6) is 0 Å². The Kier molecular flexibility index (Phi) is 3.55. The average Bonchev–Trinajstić information content (AvgIpc) is 2.23. The molecule has 6 N–H and O–H groups in total. The van der Waals surface area contributed by atoms with Gasteiger partial charge in [0.05, 0.1) is 0 Å². The van der Waals surface area contributed by atoms with Gasteiger partial charge in [0.1, 0.15) is 12.1 Å². The van der Waals surface area contributed by atoms with Gasteiger partial charge in [0, 0.05) is 11.2 Å². The number of rotatable bonds is 7. The van der Waals surface area contributed by atoms with Gasteiger partial charge in [-0.1, -0.05) is 0 Å². The Morgan fingerprint density at radius 2 is 1.79 bits per heavy atom. The highest BCUT2D eigenvalue weighted by atomic mass is 32.2. The molecule has 0 fully saturated rings. The first kappa shape index (κ1) is 7.49. The Morgan fingerprint density at radius 1 is 1.29 bits per heavy atom. The van der Waals surface area contributed by atoms with E-state index in [0.29, 0.717) is 0 Å². The van der Waals surface area contributed by atoms with Gasteiger partial charge in [-0.15, -0.1) is 0 Å². The number of carbonyl (C=O) groups is 2. The largest absolute Gasteiger partial charge is 0.480 e. The number of hydrogen-bond donors (Lipinski definition) is 4. The number of hydrogen-bond acceptors (Lipinski definition) is 5. The van der Waals surface area contributed by atoms with E-state index in [1.807, 2.05) is 0 Å². The molecule has 0 aliphatic carbocycles. The highest BCUT2D eigenvalue weighted by Gasteiger charge is 2.13. The molecule has 0 saturated heterocycles. The van der Waals surface area contributed by atoms with Crippen LogP contribution in [0, 0.1) is 0 Å². The first-order chi connectivity index (χ1) is 7.93. The lowest BCUT2D eigenvalue weighted by Crippen LogP contribution is -2.33. The number of carboxylic acids is 2. The summed E-state index contributed by atoms with van der Waals surface area (Å²) in [4.78, 5) is 21.0. The molecule has 82 valence electrons. The molecule has 0 spiro atoms. The molecule has 2 atom stereocenters. The number of thioether (sulfide) groups is 1. The van der Waals surface area contributed by atoms with Gasteiger partial charge in [-0.2, -0.15) is 11.8 Å². The minimum absolute atomic E-state index is 0.277. The molecular formula is C7H14N2O4S. The topological polar surface area (TPSA) is 127 Å². The third-order valence-electron chi connectivity index (χ3n) is 1.13. The lowest BCUT2D eigenvalue weighted by atomic mass is 10.2. The van der Waals surface area contributed by atoms with Crippen molar-refractivity contribution in [2.45, 2.75) is 18.5 Å². The summed E-state index contributed by atoms with van der Waals surface area (Å²) in [5.74, 6) is -3.46. The van der Waals surface area contributed by atoms with Crippen molar-refractivity contribution in [3.05, 3.63) is 0 Å². The van der Waals surface area contributed by atoms with Crippen molar-refractivity contribution in [2.24, 2.45) is 11.5 Å². The van der Waals surface area contributed by atoms with E-state index in [-0.39, 0.29) is 11.8 Å². The maximum absolute atomic E-state index is 10.6. The predicted octanol–water partition coefficient (Wildman–Crippen LogP) is -1.07. The quantitative estimate of drug-likeness (QED) is 0.435. The maximum atomic E-state index is 10.6. The van der Waals surface area contributed by atoms with Crippen LogP contribution in [-0.2, 0) is 9.59 Å². The summed E-state index contributed by atoms with van der Waals surface area (Å²) < 4.78 is 29.7. The zero-order valence-electron chi connectivity index (χ0n) is 11.1. The Morgan fingerprint density at radius 3 is 2.21 bits per heavy atom. The molecule has 2 unspecified atom stereocenters. The highest BCUT2D eigenvalue weighted by molar-refractivity contribution is 7.99. The lowest BCUT2D eigenvalue weighted by Gasteiger charge is -2.07. The summed E-state index contributed by atoms with van der Waals surface area (Å²) in [6, 6.07) is -3.44. The summed E-state index contributed by atoms with van der Waals surface area (Å²) in [7, 11) is 0. The third kappa shape index (κ3) is 5.79. The molecule has 0 rings (SSSR count). The van der Waals surface area contributed by atoms with Crippen LogP contribution in [0.15, 0.2) is 0 Å². The Bertz CT molecular complexity index is 341. The van der Waals surface area contributed by atoms with Gasteiger partial charge in [0.25, 0.3) is 0 Å². The van der Waals surface area contributed by atoms with Crippen molar-refractivity contribution >= 4 is 23.7 Å². The van der Waals surface area contributed by atoms with Crippen LogP contribution < -0.4 is 11.5 Å². The van der Waals surface area contributed by atoms with Gasteiger partial charge in [-0.25, -0.2) is 0 Å². The van der Waals surface area contributed by atoms with E-state index in [1.54, 1.807) is 0 Å². The molecule has 0 saturated carbocycles. The molecule has 0 aromatic heterocycles. The van der Waals surface area contributed by atoms with Crippen molar-refractivity contribution in [3.8, 4) is 0 Å². The van der Waals surface area contributed by atoms with Gasteiger partial charge >= 0.3 is 11.9 Å². The van der Waals surface area contributed by atoms with E-state index < -0.39 is 41.9 Å². The molecule has 0 aliphatic heterocycles. The Hall–Kier alpha value is -0.790. The number of carboxylic acid groups (broad SMARTS) is 2. The van der Waals surface area contributed by atoms with Crippen molar-refractivity contribution in [1.82, 2.24) is 0 Å². The van der Waals surface area contributed by atoms with Gasteiger partial charge in [0.2, 0.25) is 0 Å². The fraction of sp³-hybridized carbons (Fsp3) is 0.714. The minimum Gasteiger partial charge on any atom is -0.480 e. The zero-order chi connectivity index (χ0) is 14.7. The van der Waals surface area contributed by atoms with Crippen LogP contribution in [0.4, 0.5) is 0 Å². The van der Waals surface area contributed by atoms with Crippen LogP contribution >= 0.6 is 11.8 Å². The summed E-state index contributed by atoms with van der Waals surface area (Å²) in [6.07, 6.45) is -2.87. The summed E-state index contributed by atoms with van der Waals surface area (Å²) in [5.41, 5.74) is 7.53. The number of aliphatic carboxylic acids is 2. The third-order valence-corrected chi connectivity index (χ3v) is 1.92. The molecule has 6 nitrogen and oxygen atoms in total. The minimum atomic E-state index is -2.87. The molecule has 0 amide bonds. The van der Waals surface area contributed by atoms with Gasteiger partial charge in [0.15, 0.2) is 0 Å². The van der Waals surface area contributed by atoms with Gasteiger partial charge in [-0.3, -0.25) is 9.59 Å². The van der Waals surface area contributed by atoms with Crippen LogP contribution in [0.25, 0.3) is 0 Å². The van der Waals surface area contributed by atoms with Crippen LogP contribution in [0.1, 0.15) is 11.9 Å². The number of nitrogens with two attached hydrogens (primary N) is 2. The SMILES string of the molecule is [2H]C([2H])(SCC(N)C(=O)O)C([2H])([2H])C(N)C(=O)O. The second-order valence-corrected chi connectivity index (χ2v) is 3.14. The smallest absolute Gasteiger partial charge is 0.321 e. The monoisotopic (exact) mass is 226 g/mol. The Balaban J connectivity index is 4.80. The van der Waals surface area contributed by atoms with Gasteiger partial charge in [-0.05, 0) is 12.1 Å². The fourth-order valence-corrected chi connectivity index (χ4v) is 0.985. The fourth-order valence-electron chi connectivity index (χ4n) is 0.370. The molecule has 0 aliphatic rings. The summed E-state index contributed by atoms with van der Waals surface area (Å²) >= 11 is 0.277. The molecule has 0 aromatic carbocycles. The first-order valence-electron chi connectivity index (χ1n) is 5.54. The normalized spacial score (nSPS) is 21.0. The van der Waals surface area contributed by atoms with E-state index >= 15 is 0 Å². The maximum Gasteiger partial charge on any atom is 0.321 e. The van der Waals surface area contributed by atoms with E-state index in [2.05, 4.69) is 0 Å². The standard InChI is InChI=1S/C7H14N2O4S/c8-4(6(10)11)1-2-14-3-5(9)7(12)13/h4-5H,1-3,8-9H2,(H,10,11)(H,12,13)/i1D2,2D2. The van der Waals surface area contributed by atoms with Crippen LogP contribution in [0.3, 0.4) is 0 Å². The van der Waals surface area contributed by atoms with E-state index in [9.17, 15) is 9.59 Å². The second-order valence-electron chi connectivity index (χ2n) is 2.32. The predicted molar refractivity (Wildman–Crippen MR) is 53.2 cm³/mol. The average molecular weight is 226 g/mol. The van der Waals surface area contributed by atoms with E-state index in [4.69, 9.17) is 27.2 Å². The zero-order valence-corrected chi connectivity index (χ0v) is 7.95. The molecule has 7 heteroatoms. The first-order valence-corrected chi connectivity index (χ1v) is 4.52. The second kappa shape index (κ2) is 6.63. The summed E-state index contributed by atoms with van der Waals surface area (Å²) in [6.45, 7) is 0. The Labute approximate surface area is 91.3 Å². The van der Waals surface area contributed by atoms with Gasteiger partial charge < -0.3 is 21.7 Å². The van der Waals surface area contributed by atoms with Crippen molar-refractivity contribution in [3.63, 3.8) is 0 Å². The summed E-state index contributed by atoms with van der Waals surface area (Å²) in [5, 5.41) is 17.1. The molecular weight excluding hydrogens is 208 g/mol. The van der Waals surface area contributed by atoms with Crippen molar-refractivity contribution < 1.29 is 25.3 Å². The molecule has 0 heterocycles. The van der Waals surface area contributed by atoms with Crippen molar-refractivity contribution in [2.75, 3.05) is 11.5 Å². The lowest BCUT2D eigenvalue weighted by molar-refractivity contribution is -0.139.